The maximum atomic E-state index is 5.28. The van der Waals surface area contributed by atoms with Crippen molar-refractivity contribution in [1.82, 2.24) is 4.98 Å². The first-order valence-corrected chi connectivity index (χ1v) is 9.67. The predicted molar refractivity (Wildman–Crippen MR) is 119 cm³/mol. The maximum Gasteiger partial charge on any atom is 0.0800 e. The molecule has 1 nitrogen and oxygen atoms in total. The van der Waals surface area contributed by atoms with E-state index in [2.05, 4.69) is 91.0 Å². The average Bonchev–Trinajstić information content (AvgIpc) is 3.09. The summed E-state index contributed by atoms with van der Waals surface area (Å²) in [5, 5.41) is 7.47. The Balaban J connectivity index is 1.85. The van der Waals surface area contributed by atoms with Crippen molar-refractivity contribution in [2.45, 2.75) is 0 Å². The van der Waals surface area contributed by atoms with Gasteiger partial charge in [-0.2, -0.15) is 0 Å². The third kappa shape index (κ3) is 1.65. The van der Waals surface area contributed by atoms with Crippen LogP contribution in [0.25, 0.3) is 65.6 Å². The summed E-state index contributed by atoms with van der Waals surface area (Å²) in [5.41, 5.74) is 7.49. The summed E-state index contributed by atoms with van der Waals surface area (Å²) in [6, 6.07) is 32.8. The van der Waals surface area contributed by atoms with Crippen molar-refractivity contribution in [3.05, 3.63) is 91.0 Å². The van der Waals surface area contributed by atoms with E-state index >= 15 is 0 Å². The molecule has 0 saturated carbocycles. The van der Waals surface area contributed by atoms with Gasteiger partial charge in [0.1, 0.15) is 0 Å². The van der Waals surface area contributed by atoms with Gasteiger partial charge < -0.3 is 0 Å². The highest BCUT2D eigenvalue weighted by molar-refractivity contribution is 6.29. The third-order valence-electron chi connectivity index (χ3n) is 6.15. The van der Waals surface area contributed by atoms with E-state index in [9.17, 15) is 0 Å². The molecule has 0 bridgehead atoms. The van der Waals surface area contributed by atoms with E-state index in [0.29, 0.717) is 0 Å². The summed E-state index contributed by atoms with van der Waals surface area (Å²) in [6.07, 6.45) is 0. The molecule has 0 saturated heterocycles. The van der Waals surface area contributed by atoms with Crippen LogP contribution in [0.4, 0.5) is 0 Å². The van der Waals surface area contributed by atoms with Gasteiger partial charge in [-0.05, 0) is 33.5 Å². The number of fused-ring (bicyclic) bond motifs is 9. The maximum absolute atomic E-state index is 5.28. The Morgan fingerprint density at radius 3 is 2.00 bits per heavy atom. The van der Waals surface area contributed by atoms with Crippen LogP contribution in [0.3, 0.4) is 0 Å². The molecule has 7 rings (SSSR count). The second kappa shape index (κ2) is 4.96. The van der Waals surface area contributed by atoms with Crippen LogP contribution in [0.2, 0.25) is 0 Å². The van der Waals surface area contributed by atoms with Crippen molar-refractivity contribution in [1.29, 1.82) is 0 Å². The van der Waals surface area contributed by atoms with Crippen LogP contribution < -0.4 is 0 Å². The fraction of sp³-hybridized carbons (Fsp3) is 0. The van der Waals surface area contributed by atoms with Crippen molar-refractivity contribution in [2.75, 3.05) is 0 Å². The van der Waals surface area contributed by atoms with Gasteiger partial charge >= 0.3 is 0 Å². The summed E-state index contributed by atoms with van der Waals surface area (Å²) in [7, 11) is 0. The summed E-state index contributed by atoms with van der Waals surface area (Å²) >= 11 is 0. The molecule has 0 amide bonds. The van der Waals surface area contributed by atoms with Crippen LogP contribution in [0, 0.1) is 0 Å². The standard InChI is InChI=1S/C27H15N/c1-3-9-18-16(7-1)13-14-22-24-21-12-6-5-11-20(21)23-15-17-8-2-4-10-19(17)27(25(23)24)28-26(18)22/h1-15H. The normalized spacial score (nSPS) is 12.3. The van der Waals surface area contributed by atoms with E-state index in [0.717, 1.165) is 11.0 Å². The molecule has 0 unspecified atom stereocenters. The second-order valence-electron chi connectivity index (χ2n) is 7.58. The van der Waals surface area contributed by atoms with Gasteiger partial charge in [-0.25, -0.2) is 4.98 Å². The number of pyridine rings is 1. The molecule has 6 aromatic rings. The van der Waals surface area contributed by atoms with Crippen molar-refractivity contribution >= 4 is 43.4 Å². The number of hydrogen-bond acceptors (Lipinski definition) is 1. The largest absolute Gasteiger partial charge is 0.246 e. The minimum atomic E-state index is 1.10. The van der Waals surface area contributed by atoms with Gasteiger partial charge in [0.25, 0.3) is 0 Å². The van der Waals surface area contributed by atoms with Crippen LogP contribution in [-0.2, 0) is 0 Å². The van der Waals surface area contributed by atoms with E-state index in [4.69, 9.17) is 4.98 Å². The Kier molecular flexibility index (Phi) is 2.54. The Labute approximate surface area is 161 Å². The summed E-state index contributed by atoms with van der Waals surface area (Å²) in [4.78, 5) is 5.28. The SMILES string of the molecule is c1ccc2c(c1)-c1cc3ccccc3c3nc4c(ccc5ccccc54)c-2c13. The van der Waals surface area contributed by atoms with Crippen molar-refractivity contribution in [3.8, 4) is 22.3 Å². The van der Waals surface area contributed by atoms with Crippen molar-refractivity contribution in [2.24, 2.45) is 0 Å². The average molecular weight is 353 g/mol. The van der Waals surface area contributed by atoms with Crippen LogP contribution >= 0.6 is 0 Å². The van der Waals surface area contributed by atoms with Gasteiger partial charge in [0.05, 0.1) is 11.0 Å². The van der Waals surface area contributed by atoms with Gasteiger partial charge in [-0.15, -0.1) is 0 Å². The van der Waals surface area contributed by atoms with E-state index in [1.54, 1.807) is 0 Å². The molecule has 0 atom stereocenters. The van der Waals surface area contributed by atoms with Gasteiger partial charge in [0.15, 0.2) is 0 Å². The fourth-order valence-electron chi connectivity index (χ4n) is 4.95. The quantitative estimate of drug-likeness (QED) is 0.205. The molecule has 0 N–H and O–H groups in total. The third-order valence-corrected chi connectivity index (χ3v) is 6.15. The van der Waals surface area contributed by atoms with Crippen molar-refractivity contribution in [3.63, 3.8) is 0 Å². The molecule has 0 aliphatic heterocycles. The molecule has 1 aromatic heterocycles. The number of hydrogen-bond donors (Lipinski definition) is 0. The summed E-state index contributed by atoms with van der Waals surface area (Å²) in [5.74, 6) is 0. The number of rotatable bonds is 0. The molecule has 1 heterocycles. The fourth-order valence-corrected chi connectivity index (χ4v) is 4.95. The number of nitrogens with zero attached hydrogens (tertiary/aromatic N) is 1. The molecule has 5 aromatic carbocycles. The van der Waals surface area contributed by atoms with Crippen LogP contribution in [0.15, 0.2) is 91.0 Å². The van der Waals surface area contributed by atoms with Crippen LogP contribution in [-0.4, -0.2) is 4.98 Å². The highest BCUT2D eigenvalue weighted by atomic mass is 14.7. The van der Waals surface area contributed by atoms with Gasteiger partial charge in [0, 0.05) is 27.1 Å². The minimum absolute atomic E-state index is 1.10. The van der Waals surface area contributed by atoms with Crippen molar-refractivity contribution < 1.29 is 0 Å². The van der Waals surface area contributed by atoms with E-state index in [1.165, 1.54) is 54.6 Å². The first-order chi connectivity index (χ1) is 13.9. The number of aromatic nitrogens is 1. The van der Waals surface area contributed by atoms with Crippen LogP contribution in [0.5, 0.6) is 0 Å². The Morgan fingerprint density at radius 1 is 0.464 bits per heavy atom. The Morgan fingerprint density at radius 2 is 1.14 bits per heavy atom. The van der Waals surface area contributed by atoms with E-state index in [-0.39, 0.29) is 0 Å². The van der Waals surface area contributed by atoms with E-state index < -0.39 is 0 Å². The molecule has 0 radical (unpaired) electrons. The zero-order valence-corrected chi connectivity index (χ0v) is 15.1. The molecule has 128 valence electrons. The first-order valence-electron chi connectivity index (χ1n) is 9.67. The lowest BCUT2D eigenvalue weighted by Gasteiger charge is -2.11. The number of benzene rings is 5. The zero-order chi connectivity index (χ0) is 18.2. The molecule has 0 spiro atoms. The highest BCUT2D eigenvalue weighted by Crippen LogP contribution is 2.51. The van der Waals surface area contributed by atoms with Gasteiger partial charge in [-0.3, -0.25) is 0 Å². The molecule has 1 aliphatic carbocycles. The van der Waals surface area contributed by atoms with Gasteiger partial charge in [-0.1, -0.05) is 84.9 Å². The predicted octanol–water partition coefficient (Wildman–Crippen LogP) is 7.34. The molecule has 0 fully saturated rings. The molecular formula is C27H15N. The molecule has 1 aliphatic rings. The summed E-state index contributed by atoms with van der Waals surface area (Å²) in [6.45, 7) is 0. The lowest BCUT2D eigenvalue weighted by atomic mass is 9.96. The Bertz CT molecular complexity index is 1610. The van der Waals surface area contributed by atoms with Crippen LogP contribution in [0.1, 0.15) is 0 Å². The molecular weight excluding hydrogens is 338 g/mol. The van der Waals surface area contributed by atoms with Gasteiger partial charge in [0.2, 0.25) is 0 Å². The molecule has 28 heavy (non-hydrogen) atoms. The van der Waals surface area contributed by atoms with E-state index in [1.807, 2.05) is 0 Å². The Hall–Kier alpha value is -3.71. The topological polar surface area (TPSA) is 12.9 Å². The second-order valence-corrected chi connectivity index (χ2v) is 7.58. The first kappa shape index (κ1) is 14.4. The smallest absolute Gasteiger partial charge is 0.0800 e. The zero-order valence-electron chi connectivity index (χ0n) is 15.1. The lowest BCUT2D eigenvalue weighted by Crippen LogP contribution is -1.89. The minimum Gasteiger partial charge on any atom is -0.246 e. The lowest BCUT2D eigenvalue weighted by molar-refractivity contribution is 1.54. The highest BCUT2D eigenvalue weighted by Gasteiger charge is 2.26. The molecule has 1 heteroatoms. The summed E-state index contributed by atoms with van der Waals surface area (Å²) < 4.78 is 0. The monoisotopic (exact) mass is 353 g/mol.